The lowest BCUT2D eigenvalue weighted by Gasteiger charge is -2.32. The molecule has 21 heavy (non-hydrogen) atoms. The van der Waals surface area contributed by atoms with E-state index in [1.807, 2.05) is 47.6 Å². The molecule has 0 radical (unpaired) electrons. The topological polar surface area (TPSA) is 27.7 Å². The highest BCUT2D eigenvalue weighted by Gasteiger charge is 2.53. The van der Waals surface area contributed by atoms with E-state index in [-0.39, 0.29) is 5.82 Å². The summed E-state index contributed by atoms with van der Waals surface area (Å²) >= 11 is 0. The molecule has 0 N–H and O–H groups in total. The van der Waals surface area contributed by atoms with Crippen LogP contribution in [0.3, 0.4) is 0 Å². The monoisotopic (exact) mass is 292 g/mol. The first-order valence-electron chi connectivity index (χ1n) is 7.36. The second-order valence-electron chi connectivity index (χ2n) is 7.38. The van der Waals surface area contributed by atoms with Crippen LogP contribution in [0.2, 0.25) is 0 Å². The molecule has 1 aromatic carbocycles. The summed E-state index contributed by atoms with van der Waals surface area (Å²) < 4.78 is 32.4. The van der Waals surface area contributed by atoms with Crippen molar-refractivity contribution < 1.29 is 18.4 Å². The van der Waals surface area contributed by atoms with E-state index in [2.05, 4.69) is 0 Å². The van der Waals surface area contributed by atoms with Crippen molar-refractivity contribution in [2.75, 3.05) is 0 Å². The van der Waals surface area contributed by atoms with Gasteiger partial charge in [-0.05, 0) is 47.1 Å². The highest BCUT2D eigenvalue weighted by molar-refractivity contribution is 6.62. The number of rotatable bonds is 1. The van der Waals surface area contributed by atoms with Crippen molar-refractivity contribution in [1.82, 2.24) is 0 Å². The minimum atomic E-state index is -0.677. The van der Waals surface area contributed by atoms with Crippen molar-refractivity contribution in [2.24, 2.45) is 0 Å². The van der Waals surface area contributed by atoms with E-state index in [1.54, 1.807) is 6.07 Å². The predicted octanol–water partition coefficient (Wildman–Crippen LogP) is 2.89. The first-order chi connectivity index (χ1) is 9.55. The van der Waals surface area contributed by atoms with Crippen LogP contribution in [0.25, 0.3) is 0 Å². The highest BCUT2D eigenvalue weighted by Crippen LogP contribution is 2.39. The van der Waals surface area contributed by atoms with E-state index >= 15 is 0 Å². The van der Waals surface area contributed by atoms with Gasteiger partial charge in [-0.2, -0.15) is 0 Å². The summed E-state index contributed by atoms with van der Waals surface area (Å²) in [5, 5.41) is 0. The fraction of sp³-hybridized carbons (Fsp3) is 0.625. The molecule has 5 heteroatoms. The van der Waals surface area contributed by atoms with Crippen LogP contribution in [-0.2, 0) is 26.3 Å². The zero-order chi connectivity index (χ0) is 15.6. The molecule has 0 atom stereocenters. The summed E-state index contributed by atoms with van der Waals surface area (Å²) in [4.78, 5) is 0. The normalized spacial score (nSPS) is 25.2. The Morgan fingerprint density at radius 3 is 2.14 bits per heavy atom. The number of ether oxygens (including phenoxy) is 1. The van der Waals surface area contributed by atoms with Crippen molar-refractivity contribution in [3.8, 4) is 0 Å². The van der Waals surface area contributed by atoms with Crippen LogP contribution < -0.4 is 5.46 Å². The zero-order valence-corrected chi connectivity index (χ0v) is 13.5. The minimum Gasteiger partial charge on any atom is -0.399 e. The molecule has 0 aromatic heterocycles. The number of fused-ring (bicyclic) bond motifs is 1. The molecule has 0 spiro atoms. The van der Waals surface area contributed by atoms with E-state index in [9.17, 15) is 4.39 Å². The maximum atomic E-state index is 14.8. The van der Waals surface area contributed by atoms with Gasteiger partial charge in [0, 0.05) is 11.0 Å². The van der Waals surface area contributed by atoms with Gasteiger partial charge < -0.3 is 14.0 Å². The molecule has 2 aliphatic rings. The van der Waals surface area contributed by atoms with Crippen molar-refractivity contribution in [1.29, 1.82) is 0 Å². The largest absolute Gasteiger partial charge is 0.497 e. The van der Waals surface area contributed by atoms with Crippen LogP contribution in [0.4, 0.5) is 4.39 Å². The Bertz CT molecular complexity index is 579. The number of hydrogen-bond donors (Lipinski definition) is 0. The number of halogens is 1. The third-order valence-corrected chi connectivity index (χ3v) is 5.01. The highest BCUT2D eigenvalue weighted by atomic mass is 19.1. The molecule has 3 nitrogen and oxygen atoms in total. The van der Waals surface area contributed by atoms with Crippen LogP contribution in [0.5, 0.6) is 0 Å². The van der Waals surface area contributed by atoms with E-state index in [0.29, 0.717) is 17.6 Å². The lowest BCUT2D eigenvalue weighted by atomic mass is 9.76. The summed E-state index contributed by atoms with van der Waals surface area (Å²) in [6.07, 6.45) is 0. The number of hydrogen-bond acceptors (Lipinski definition) is 3. The van der Waals surface area contributed by atoms with E-state index in [1.165, 1.54) is 0 Å². The summed E-state index contributed by atoms with van der Waals surface area (Å²) in [6.45, 7) is 12.0. The number of benzene rings is 1. The van der Waals surface area contributed by atoms with Gasteiger partial charge in [-0.3, -0.25) is 0 Å². The van der Waals surface area contributed by atoms with Crippen LogP contribution >= 0.6 is 0 Å². The third kappa shape index (κ3) is 2.14. The smallest absolute Gasteiger partial charge is 0.399 e. The van der Waals surface area contributed by atoms with Gasteiger partial charge in [0.2, 0.25) is 0 Å². The molecule has 3 rings (SSSR count). The molecule has 1 saturated heterocycles. The molecule has 0 saturated carbocycles. The third-order valence-electron chi connectivity index (χ3n) is 5.01. The second kappa shape index (κ2) is 4.31. The Hall–Kier alpha value is -0.905. The SMILES string of the molecule is CC1(C)OCc2c1ccc(B1OC(C)(C)C(C)(C)O1)c2F. The summed E-state index contributed by atoms with van der Waals surface area (Å²) in [5.41, 5.74) is 0.587. The van der Waals surface area contributed by atoms with Crippen molar-refractivity contribution >= 4 is 12.6 Å². The van der Waals surface area contributed by atoms with E-state index < -0.39 is 23.9 Å². The summed E-state index contributed by atoms with van der Waals surface area (Å²) in [7, 11) is -0.677. The van der Waals surface area contributed by atoms with Crippen LogP contribution in [-0.4, -0.2) is 18.3 Å². The van der Waals surface area contributed by atoms with Gasteiger partial charge >= 0.3 is 7.12 Å². The van der Waals surface area contributed by atoms with Crippen molar-refractivity contribution in [3.63, 3.8) is 0 Å². The Kier molecular flexibility index (Phi) is 3.08. The first-order valence-corrected chi connectivity index (χ1v) is 7.36. The second-order valence-corrected chi connectivity index (χ2v) is 7.38. The Morgan fingerprint density at radius 1 is 1.00 bits per heavy atom. The molecule has 0 unspecified atom stereocenters. The van der Waals surface area contributed by atoms with Gasteiger partial charge in [0.1, 0.15) is 5.82 Å². The molecule has 0 amide bonds. The minimum absolute atomic E-state index is 0.267. The standard InChI is InChI=1S/C16H22BFO3/c1-14(2)11-7-8-12(13(18)10(11)9-19-14)17-20-15(3,4)16(5,6)21-17/h7-8H,9H2,1-6H3. The zero-order valence-electron chi connectivity index (χ0n) is 13.5. The van der Waals surface area contributed by atoms with Gasteiger partial charge in [0.05, 0.1) is 23.4 Å². The average molecular weight is 292 g/mol. The van der Waals surface area contributed by atoms with Crippen molar-refractivity contribution in [3.05, 3.63) is 29.1 Å². The molecule has 2 heterocycles. The fourth-order valence-electron chi connectivity index (χ4n) is 2.83. The molecular weight excluding hydrogens is 270 g/mol. The van der Waals surface area contributed by atoms with Gasteiger partial charge in [0.15, 0.2) is 0 Å². The molecule has 1 fully saturated rings. The summed E-state index contributed by atoms with van der Waals surface area (Å²) in [6, 6.07) is 3.68. The predicted molar refractivity (Wildman–Crippen MR) is 79.9 cm³/mol. The Morgan fingerprint density at radius 2 is 1.57 bits per heavy atom. The summed E-state index contributed by atoms with van der Waals surface area (Å²) in [5.74, 6) is -0.267. The van der Waals surface area contributed by atoms with Gasteiger partial charge in [-0.1, -0.05) is 12.1 Å². The van der Waals surface area contributed by atoms with E-state index in [4.69, 9.17) is 14.0 Å². The first kappa shape index (κ1) is 15.0. The van der Waals surface area contributed by atoms with E-state index in [0.717, 1.165) is 5.56 Å². The average Bonchev–Trinajstić information content (AvgIpc) is 2.75. The van der Waals surface area contributed by atoms with Crippen molar-refractivity contribution in [2.45, 2.75) is 65.0 Å². The fourth-order valence-corrected chi connectivity index (χ4v) is 2.83. The maximum Gasteiger partial charge on any atom is 0.497 e. The quantitative estimate of drug-likeness (QED) is 0.745. The van der Waals surface area contributed by atoms with Crippen LogP contribution in [0.1, 0.15) is 52.7 Å². The molecule has 0 bridgehead atoms. The lowest BCUT2D eigenvalue weighted by molar-refractivity contribution is -0.00827. The molecule has 2 aliphatic heterocycles. The Balaban J connectivity index is 2.00. The maximum absolute atomic E-state index is 14.8. The van der Waals surface area contributed by atoms with Crippen LogP contribution in [0, 0.1) is 5.82 Å². The molecule has 0 aliphatic carbocycles. The van der Waals surface area contributed by atoms with Gasteiger partial charge in [-0.15, -0.1) is 0 Å². The molecular formula is C16H22BFO3. The molecule has 114 valence electrons. The molecule has 1 aromatic rings. The Labute approximate surface area is 125 Å². The lowest BCUT2D eigenvalue weighted by Crippen LogP contribution is -2.41. The van der Waals surface area contributed by atoms with Crippen LogP contribution in [0.15, 0.2) is 12.1 Å². The van der Waals surface area contributed by atoms with Gasteiger partial charge in [0.25, 0.3) is 0 Å². The van der Waals surface area contributed by atoms with Gasteiger partial charge in [-0.25, -0.2) is 4.39 Å².